The molecular formula is C17H16FN3. The van der Waals surface area contributed by atoms with Gasteiger partial charge in [-0.05, 0) is 43.0 Å². The molecule has 1 fully saturated rings. The van der Waals surface area contributed by atoms with E-state index in [-0.39, 0.29) is 5.82 Å². The van der Waals surface area contributed by atoms with Crippen molar-refractivity contribution in [2.75, 3.05) is 0 Å². The molecular weight excluding hydrogens is 265 g/mol. The van der Waals surface area contributed by atoms with Crippen LogP contribution in [0.1, 0.15) is 36.7 Å². The minimum atomic E-state index is -0.169. The smallest absolute Gasteiger partial charge is 0.160 e. The van der Waals surface area contributed by atoms with E-state index in [1.54, 1.807) is 12.3 Å². The standard InChI is InChI=1S/C17H16FN3/c18-14-8-2-1-5-12(14)11-16-20-15-9-4-10-19-17(15)21(16)13-6-3-7-13/h1-2,4-5,8-10,13H,3,6-7,11H2. The summed E-state index contributed by atoms with van der Waals surface area (Å²) in [5.41, 5.74) is 2.51. The maximum Gasteiger partial charge on any atom is 0.160 e. The first-order valence-corrected chi connectivity index (χ1v) is 7.38. The van der Waals surface area contributed by atoms with Crippen molar-refractivity contribution in [2.45, 2.75) is 31.7 Å². The Morgan fingerprint density at radius 1 is 1.14 bits per heavy atom. The largest absolute Gasteiger partial charge is 0.309 e. The fourth-order valence-electron chi connectivity index (χ4n) is 2.94. The van der Waals surface area contributed by atoms with Gasteiger partial charge in [0.15, 0.2) is 5.65 Å². The molecule has 2 heterocycles. The van der Waals surface area contributed by atoms with Crippen molar-refractivity contribution in [3.63, 3.8) is 0 Å². The second-order valence-corrected chi connectivity index (χ2v) is 5.60. The Bertz CT molecular complexity index is 790. The highest BCUT2D eigenvalue weighted by Crippen LogP contribution is 2.35. The first-order chi connectivity index (χ1) is 10.3. The van der Waals surface area contributed by atoms with E-state index in [0.717, 1.165) is 29.8 Å². The van der Waals surface area contributed by atoms with Gasteiger partial charge in [0.25, 0.3) is 0 Å². The lowest BCUT2D eigenvalue weighted by Gasteiger charge is -2.28. The van der Waals surface area contributed by atoms with Crippen molar-refractivity contribution < 1.29 is 4.39 Å². The third-order valence-corrected chi connectivity index (χ3v) is 4.27. The molecule has 0 N–H and O–H groups in total. The fraction of sp³-hybridized carbons (Fsp3) is 0.294. The Morgan fingerprint density at radius 3 is 2.76 bits per heavy atom. The molecule has 3 aromatic rings. The van der Waals surface area contributed by atoms with Crippen LogP contribution in [0, 0.1) is 5.82 Å². The predicted octanol–water partition coefficient (Wildman–Crippen LogP) is 3.89. The van der Waals surface area contributed by atoms with Gasteiger partial charge in [-0.15, -0.1) is 0 Å². The van der Waals surface area contributed by atoms with Crippen molar-refractivity contribution in [3.05, 3.63) is 59.8 Å². The van der Waals surface area contributed by atoms with E-state index in [2.05, 4.69) is 14.5 Å². The number of rotatable bonds is 3. The van der Waals surface area contributed by atoms with Crippen molar-refractivity contribution in [2.24, 2.45) is 0 Å². The number of benzene rings is 1. The molecule has 0 amide bonds. The summed E-state index contributed by atoms with van der Waals surface area (Å²) in [4.78, 5) is 9.16. The van der Waals surface area contributed by atoms with Gasteiger partial charge in [0.1, 0.15) is 17.2 Å². The lowest BCUT2D eigenvalue weighted by molar-refractivity contribution is 0.313. The van der Waals surface area contributed by atoms with Gasteiger partial charge in [0, 0.05) is 18.7 Å². The molecule has 1 aliphatic carbocycles. The van der Waals surface area contributed by atoms with Crippen LogP contribution in [0.4, 0.5) is 4.39 Å². The molecule has 1 aromatic carbocycles. The third-order valence-electron chi connectivity index (χ3n) is 4.27. The SMILES string of the molecule is Fc1ccccc1Cc1nc2cccnc2n1C1CCC1. The van der Waals surface area contributed by atoms with Gasteiger partial charge in [0.2, 0.25) is 0 Å². The summed E-state index contributed by atoms with van der Waals surface area (Å²) in [6.45, 7) is 0. The van der Waals surface area contributed by atoms with Crippen LogP contribution in [-0.2, 0) is 6.42 Å². The lowest BCUT2D eigenvalue weighted by Crippen LogP contribution is -2.20. The molecule has 0 aliphatic heterocycles. The molecule has 4 rings (SSSR count). The number of halogens is 1. The van der Waals surface area contributed by atoms with E-state index < -0.39 is 0 Å². The van der Waals surface area contributed by atoms with Gasteiger partial charge in [-0.1, -0.05) is 18.2 Å². The molecule has 4 heteroatoms. The van der Waals surface area contributed by atoms with Crippen LogP contribution in [0.5, 0.6) is 0 Å². The Kier molecular flexibility index (Phi) is 2.95. The number of fused-ring (bicyclic) bond motifs is 1. The number of hydrogen-bond donors (Lipinski definition) is 0. The highest BCUT2D eigenvalue weighted by Gasteiger charge is 2.25. The molecule has 0 atom stereocenters. The molecule has 0 saturated heterocycles. The van der Waals surface area contributed by atoms with Gasteiger partial charge in [0.05, 0.1) is 0 Å². The maximum absolute atomic E-state index is 13.9. The number of pyridine rings is 1. The molecule has 0 radical (unpaired) electrons. The predicted molar refractivity (Wildman–Crippen MR) is 79.6 cm³/mol. The van der Waals surface area contributed by atoms with E-state index in [4.69, 9.17) is 0 Å². The monoisotopic (exact) mass is 281 g/mol. The Morgan fingerprint density at radius 2 is 2.00 bits per heavy atom. The van der Waals surface area contributed by atoms with Gasteiger partial charge in [-0.25, -0.2) is 14.4 Å². The quantitative estimate of drug-likeness (QED) is 0.729. The van der Waals surface area contributed by atoms with Crippen LogP contribution in [0.15, 0.2) is 42.6 Å². The minimum absolute atomic E-state index is 0.169. The number of nitrogens with zero attached hydrogens (tertiary/aromatic N) is 3. The Labute approximate surface area is 122 Å². The average molecular weight is 281 g/mol. The zero-order valence-electron chi connectivity index (χ0n) is 11.7. The molecule has 3 nitrogen and oxygen atoms in total. The Balaban J connectivity index is 1.82. The summed E-state index contributed by atoms with van der Waals surface area (Å²) in [5, 5.41) is 0. The van der Waals surface area contributed by atoms with Crippen molar-refractivity contribution in [3.8, 4) is 0 Å². The number of imidazole rings is 1. The first-order valence-electron chi connectivity index (χ1n) is 7.38. The van der Waals surface area contributed by atoms with E-state index in [1.807, 2.05) is 24.3 Å². The van der Waals surface area contributed by atoms with Crippen LogP contribution >= 0.6 is 0 Å². The lowest BCUT2D eigenvalue weighted by atomic mass is 9.92. The first kappa shape index (κ1) is 12.5. The summed E-state index contributed by atoms with van der Waals surface area (Å²) >= 11 is 0. The topological polar surface area (TPSA) is 30.7 Å². The third kappa shape index (κ3) is 2.11. The molecule has 2 aromatic heterocycles. The van der Waals surface area contributed by atoms with Crippen LogP contribution < -0.4 is 0 Å². The van der Waals surface area contributed by atoms with Crippen molar-refractivity contribution in [1.29, 1.82) is 0 Å². The van der Waals surface area contributed by atoms with Crippen LogP contribution in [0.2, 0.25) is 0 Å². The maximum atomic E-state index is 13.9. The van der Waals surface area contributed by atoms with E-state index in [9.17, 15) is 4.39 Å². The van der Waals surface area contributed by atoms with E-state index >= 15 is 0 Å². The van der Waals surface area contributed by atoms with Crippen molar-refractivity contribution in [1.82, 2.24) is 14.5 Å². The summed E-state index contributed by atoms with van der Waals surface area (Å²) in [5.74, 6) is 0.746. The van der Waals surface area contributed by atoms with Gasteiger partial charge >= 0.3 is 0 Å². The molecule has 0 unspecified atom stereocenters. The Hall–Kier alpha value is -2.23. The summed E-state index contributed by atoms with van der Waals surface area (Å²) in [6, 6.07) is 11.3. The zero-order valence-corrected chi connectivity index (χ0v) is 11.7. The van der Waals surface area contributed by atoms with Gasteiger partial charge < -0.3 is 4.57 Å². The molecule has 1 saturated carbocycles. The molecule has 0 bridgehead atoms. The van der Waals surface area contributed by atoms with E-state index in [0.29, 0.717) is 18.0 Å². The van der Waals surface area contributed by atoms with Gasteiger partial charge in [-0.2, -0.15) is 0 Å². The summed E-state index contributed by atoms with van der Waals surface area (Å²) in [6.07, 6.45) is 5.88. The average Bonchev–Trinajstić information content (AvgIpc) is 2.78. The molecule has 0 spiro atoms. The number of hydrogen-bond acceptors (Lipinski definition) is 2. The van der Waals surface area contributed by atoms with Crippen LogP contribution in [0.25, 0.3) is 11.2 Å². The second kappa shape index (κ2) is 4.95. The van der Waals surface area contributed by atoms with Crippen molar-refractivity contribution >= 4 is 11.2 Å². The van der Waals surface area contributed by atoms with E-state index in [1.165, 1.54) is 12.5 Å². The number of aromatic nitrogens is 3. The highest BCUT2D eigenvalue weighted by atomic mass is 19.1. The summed E-state index contributed by atoms with van der Waals surface area (Å²) < 4.78 is 16.1. The van der Waals surface area contributed by atoms with Crippen LogP contribution in [-0.4, -0.2) is 14.5 Å². The minimum Gasteiger partial charge on any atom is -0.309 e. The van der Waals surface area contributed by atoms with Gasteiger partial charge in [-0.3, -0.25) is 0 Å². The highest BCUT2D eigenvalue weighted by molar-refractivity contribution is 5.71. The molecule has 106 valence electrons. The zero-order chi connectivity index (χ0) is 14.2. The fourth-order valence-corrected chi connectivity index (χ4v) is 2.94. The molecule has 1 aliphatic rings. The van der Waals surface area contributed by atoms with Crippen LogP contribution in [0.3, 0.4) is 0 Å². The normalized spacial score (nSPS) is 15.3. The summed E-state index contributed by atoms with van der Waals surface area (Å²) in [7, 11) is 0. The molecule has 21 heavy (non-hydrogen) atoms. The second-order valence-electron chi connectivity index (χ2n) is 5.60.